The van der Waals surface area contributed by atoms with Gasteiger partial charge in [0, 0.05) is 0 Å². The van der Waals surface area contributed by atoms with E-state index >= 15 is 0 Å². The van der Waals surface area contributed by atoms with E-state index in [0.29, 0.717) is 0 Å². The van der Waals surface area contributed by atoms with Gasteiger partial charge in [-0.05, 0) is 0 Å². The Hall–Kier alpha value is -1.86. The first kappa shape index (κ1) is 17.9. The number of hydrogen-bond donors (Lipinski definition) is 6. The summed E-state index contributed by atoms with van der Waals surface area (Å²) in [6.45, 7) is -0.665. The van der Waals surface area contributed by atoms with Gasteiger partial charge in [-0.1, -0.05) is 0 Å². The van der Waals surface area contributed by atoms with Crippen molar-refractivity contribution in [3.8, 4) is 0 Å². The van der Waals surface area contributed by atoms with Crippen LogP contribution in [0.1, 0.15) is 6.23 Å². The van der Waals surface area contributed by atoms with Crippen molar-refractivity contribution in [2.24, 2.45) is 7.05 Å². The molecule has 0 amide bonds. The van der Waals surface area contributed by atoms with Crippen molar-refractivity contribution in [1.29, 1.82) is 0 Å². The van der Waals surface area contributed by atoms with Crippen molar-refractivity contribution in [2.45, 2.75) is 24.5 Å². The Bertz CT molecular complexity index is 959. The smallest absolute Gasteiger partial charge is 0.387 e. The first-order valence-electron chi connectivity index (χ1n) is 7.03. The van der Waals surface area contributed by atoms with Gasteiger partial charge in [0.25, 0.3) is 11.2 Å². The summed E-state index contributed by atoms with van der Waals surface area (Å²) in [4.78, 5) is 45.3. The minimum atomic E-state index is -4.78. The van der Waals surface area contributed by atoms with Crippen LogP contribution >= 0.6 is 7.82 Å². The number of rotatable bonds is 4. The highest BCUT2D eigenvalue weighted by atomic mass is 31.2. The summed E-state index contributed by atoms with van der Waals surface area (Å²) in [5.41, 5.74) is -1.29. The molecule has 25 heavy (non-hydrogen) atoms. The van der Waals surface area contributed by atoms with Crippen LogP contribution < -0.4 is 15.8 Å². The monoisotopic (exact) mass is 379 g/mol. The van der Waals surface area contributed by atoms with Gasteiger partial charge in [0.15, 0.2) is 6.33 Å². The predicted octanol–water partition coefficient (Wildman–Crippen LogP) is -3.43. The van der Waals surface area contributed by atoms with Crippen molar-refractivity contribution in [3.05, 3.63) is 27.2 Å². The van der Waals surface area contributed by atoms with E-state index in [0.717, 1.165) is 0 Å². The maximum absolute atomic E-state index is 11.9. The number of ether oxygens (including phenoxy) is 1. The molecule has 138 valence electrons. The van der Waals surface area contributed by atoms with Gasteiger partial charge in [0.2, 0.25) is 11.7 Å². The van der Waals surface area contributed by atoms with Crippen LogP contribution in [0.25, 0.3) is 11.2 Å². The van der Waals surface area contributed by atoms with Crippen LogP contribution in [-0.2, 0) is 20.9 Å². The lowest BCUT2D eigenvalue weighted by Crippen LogP contribution is -2.46. The third-order valence-corrected chi connectivity index (χ3v) is 4.31. The molecule has 0 aromatic carbocycles. The Morgan fingerprint density at radius 3 is 2.64 bits per heavy atom. The van der Waals surface area contributed by atoms with E-state index in [1.807, 2.05) is 0 Å². The number of aromatic amines is 2. The van der Waals surface area contributed by atoms with Crippen LogP contribution in [0.15, 0.2) is 15.9 Å². The minimum Gasteiger partial charge on any atom is -0.387 e. The summed E-state index contributed by atoms with van der Waals surface area (Å²) >= 11 is 0. The molecule has 1 fully saturated rings. The van der Waals surface area contributed by atoms with Crippen LogP contribution in [0.2, 0.25) is 0 Å². The number of imidazole rings is 1. The average molecular weight is 379 g/mol. The lowest BCUT2D eigenvalue weighted by molar-refractivity contribution is -0.746. The molecule has 0 spiro atoms. The lowest BCUT2D eigenvalue weighted by atomic mass is 10.1. The lowest BCUT2D eigenvalue weighted by Gasteiger charge is -2.14. The Morgan fingerprint density at radius 2 is 2.00 bits per heavy atom. The SMILES string of the molecule is Cn1c[n+]([C@@H]2O[C@H](COP(=O)(O)O)[C@@H](O)[C@H]2O)c2[nH]c(=O)[nH]c(=O)c21. The van der Waals surface area contributed by atoms with E-state index < -0.39 is 50.2 Å². The summed E-state index contributed by atoms with van der Waals surface area (Å²) in [6, 6.07) is 0. The van der Waals surface area contributed by atoms with Crippen LogP contribution in [0.4, 0.5) is 0 Å². The zero-order valence-corrected chi connectivity index (χ0v) is 13.7. The molecule has 6 N–H and O–H groups in total. The van der Waals surface area contributed by atoms with E-state index in [-0.39, 0.29) is 11.2 Å². The van der Waals surface area contributed by atoms with Crippen molar-refractivity contribution in [2.75, 3.05) is 6.61 Å². The normalized spacial score (nSPS) is 27.2. The molecule has 0 radical (unpaired) electrons. The number of aliphatic hydroxyl groups is 2. The Morgan fingerprint density at radius 1 is 1.32 bits per heavy atom. The number of phosphoric acid groups is 1. The summed E-state index contributed by atoms with van der Waals surface area (Å²) in [5.74, 6) is 0. The Kier molecular flexibility index (Phi) is 4.41. The first-order chi connectivity index (χ1) is 11.6. The largest absolute Gasteiger partial charge is 0.469 e. The second-order valence-electron chi connectivity index (χ2n) is 5.57. The Labute approximate surface area is 138 Å². The number of hydrogen-bond acceptors (Lipinski definition) is 7. The number of nitrogens with zero attached hydrogens (tertiary/aromatic N) is 2. The third-order valence-electron chi connectivity index (χ3n) is 3.83. The van der Waals surface area contributed by atoms with Gasteiger partial charge in [-0.2, -0.15) is 0 Å². The van der Waals surface area contributed by atoms with E-state index in [1.54, 1.807) is 0 Å². The topological polar surface area (TPSA) is 191 Å². The number of phosphoric ester groups is 1. The van der Waals surface area contributed by atoms with Gasteiger partial charge in [0.05, 0.1) is 13.7 Å². The quantitative estimate of drug-likeness (QED) is 0.232. The molecule has 4 atom stereocenters. The average Bonchev–Trinajstić information content (AvgIpc) is 2.95. The molecule has 2 aromatic heterocycles. The second-order valence-corrected chi connectivity index (χ2v) is 6.81. The molecule has 0 unspecified atom stereocenters. The molecule has 0 aliphatic carbocycles. The molecule has 1 aliphatic rings. The van der Waals surface area contributed by atoms with Crippen LogP contribution in [0.3, 0.4) is 0 Å². The zero-order chi connectivity index (χ0) is 18.5. The highest BCUT2D eigenvalue weighted by molar-refractivity contribution is 7.46. The van der Waals surface area contributed by atoms with Crippen molar-refractivity contribution in [1.82, 2.24) is 14.5 Å². The summed E-state index contributed by atoms with van der Waals surface area (Å²) in [6.07, 6.45) is -4.09. The summed E-state index contributed by atoms with van der Waals surface area (Å²) in [5, 5.41) is 20.2. The highest BCUT2D eigenvalue weighted by Crippen LogP contribution is 2.37. The zero-order valence-electron chi connectivity index (χ0n) is 12.8. The standard InChI is InChI=1S/C11H15N4O9P/c1-14-3-15(8-5(14)9(18)13-11(19)12-8)10-7(17)6(16)4(24-10)2-23-25(20,21)22/h3-4,6-7,10,16-17H,2H2,1H3,(H3-,12,13,18,19,20,21,22)/p+1/t4-,6-,7-,10-/m1/s1. The molecule has 13 nitrogen and oxygen atoms in total. The molecule has 1 saturated heterocycles. The van der Waals surface area contributed by atoms with Crippen molar-refractivity contribution in [3.63, 3.8) is 0 Å². The molecular formula is C11H16N4O9P+. The molecule has 2 aromatic rings. The molecule has 3 rings (SSSR count). The minimum absolute atomic E-state index is 0.0454. The Balaban J connectivity index is 1.97. The molecule has 1 aliphatic heterocycles. The first-order valence-corrected chi connectivity index (χ1v) is 8.56. The van der Waals surface area contributed by atoms with Gasteiger partial charge in [-0.3, -0.25) is 18.9 Å². The summed E-state index contributed by atoms with van der Waals surface area (Å²) < 4.78 is 23.1. The van der Waals surface area contributed by atoms with E-state index in [1.165, 1.54) is 22.5 Å². The molecule has 14 heteroatoms. The van der Waals surface area contributed by atoms with Gasteiger partial charge in [-0.15, -0.1) is 0 Å². The predicted molar refractivity (Wildman–Crippen MR) is 78.3 cm³/mol. The van der Waals surface area contributed by atoms with Crippen LogP contribution in [0, 0.1) is 0 Å². The van der Waals surface area contributed by atoms with E-state index in [2.05, 4.69) is 14.5 Å². The number of H-pyrrole nitrogens is 2. The van der Waals surface area contributed by atoms with Gasteiger partial charge >= 0.3 is 13.5 Å². The van der Waals surface area contributed by atoms with Crippen LogP contribution in [-0.4, -0.2) is 59.5 Å². The van der Waals surface area contributed by atoms with Gasteiger partial charge in [0.1, 0.15) is 18.3 Å². The third kappa shape index (κ3) is 3.30. The number of fused-ring (bicyclic) bond motifs is 1. The second kappa shape index (κ2) is 6.14. The van der Waals surface area contributed by atoms with Gasteiger partial charge in [-0.25, -0.2) is 18.9 Å². The van der Waals surface area contributed by atoms with E-state index in [9.17, 15) is 24.4 Å². The maximum Gasteiger partial charge on any atom is 0.469 e. The fourth-order valence-electron chi connectivity index (χ4n) is 2.74. The number of nitrogens with one attached hydrogen (secondary N) is 2. The van der Waals surface area contributed by atoms with E-state index in [4.69, 9.17) is 14.5 Å². The molecular weight excluding hydrogens is 363 g/mol. The number of aliphatic hydroxyl groups excluding tert-OH is 2. The number of aryl methyl sites for hydroxylation is 1. The molecule has 0 saturated carbocycles. The van der Waals surface area contributed by atoms with Crippen LogP contribution in [0.5, 0.6) is 0 Å². The van der Waals surface area contributed by atoms with Gasteiger partial charge < -0.3 is 24.7 Å². The summed E-state index contributed by atoms with van der Waals surface area (Å²) in [7, 11) is -3.25. The van der Waals surface area contributed by atoms with Crippen molar-refractivity contribution < 1.29 is 38.4 Å². The fraction of sp³-hybridized carbons (Fsp3) is 0.545. The highest BCUT2D eigenvalue weighted by Gasteiger charge is 2.47. The molecule has 0 bridgehead atoms. The fourth-order valence-corrected chi connectivity index (χ4v) is 3.09. The molecule has 3 heterocycles. The number of aromatic nitrogens is 4. The van der Waals surface area contributed by atoms with Crippen molar-refractivity contribution >= 4 is 19.0 Å². The maximum atomic E-state index is 11.9.